The zero-order chi connectivity index (χ0) is 23.2. The summed E-state index contributed by atoms with van der Waals surface area (Å²) in [6.07, 6.45) is 2.92. The first-order valence-corrected chi connectivity index (χ1v) is 11.2. The van der Waals surface area contributed by atoms with E-state index in [1.165, 1.54) is 13.2 Å². The number of nitrogens with one attached hydrogen (secondary N) is 2. The Kier molecular flexibility index (Phi) is 7.19. The molecule has 1 aromatic heterocycles. The van der Waals surface area contributed by atoms with E-state index >= 15 is 0 Å². The number of hydrogen-bond acceptors (Lipinski definition) is 8. The van der Waals surface area contributed by atoms with Crippen LogP contribution in [0.5, 0.6) is 5.75 Å². The minimum absolute atomic E-state index is 0.00377. The van der Waals surface area contributed by atoms with Crippen molar-refractivity contribution >= 4 is 23.5 Å². The average Bonchev–Trinajstić information content (AvgIpc) is 3.36. The smallest absolute Gasteiger partial charge is 0.236 e. The fourth-order valence-electron chi connectivity index (χ4n) is 4.29. The zero-order valence-electron chi connectivity index (χ0n) is 19.0. The number of rotatable bonds is 9. The summed E-state index contributed by atoms with van der Waals surface area (Å²) >= 11 is 0. The summed E-state index contributed by atoms with van der Waals surface area (Å²) < 4.78 is 19.8. The van der Waals surface area contributed by atoms with Crippen LogP contribution >= 0.6 is 0 Å². The van der Waals surface area contributed by atoms with Gasteiger partial charge in [0.05, 0.1) is 13.2 Å². The molecule has 0 aliphatic carbocycles. The molecule has 0 bridgehead atoms. The van der Waals surface area contributed by atoms with E-state index in [9.17, 15) is 4.39 Å². The Morgan fingerprint density at radius 2 is 2.03 bits per heavy atom. The molecule has 3 aromatic rings. The van der Waals surface area contributed by atoms with Crippen LogP contribution in [0.4, 0.5) is 27.9 Å². The molecule has 0 spiro atoms. The first-order chi connectivity index (χ1) is 16.1. The van der Waals surface area contributed by atoms with E-state index in [1.807, 2.05) is 41.3 Å². The van der Waals surface area contributed by atoms with Crippen molar-refractivity contribution in [3.05, 3.63) is 59.9 Å². The predicted octanol–water partition coefficient (Wildman–Crippen LogP) is 3.88. The van der Waals surface area contributed by atoms with Crippen LogP contribution in [0.25, 0.3) is 0 Å². The maximum absolute atomic E-state index is 14.7. The molecule has 2 unspecified atom stereocenters. The lowest BCUT2D eigenvalue weighted by molar-refractivity contribution is 0.386. The second-order valence-corrected chi connectivity index (χ2v) is 8.02. The third-order valence-electron chi connectivity index (χ3n) is 5.88. The SMILES string of the molecule is CCC(C1CCCN1)N(c1ccc(OC)c(F)c1)c1nc(N)nc(NCc2ccccc2)n1. The summed E-state index contributed by atoms with van der Waals surface area (Å²) in [5.41, 5.74) is 7.80. The van der Waals surface area contributed by atoms with E-state index in [4.69, 9.17) is 10.5 Å². The number of nitrogen functional groups attached to an aromatic ring is 1. The van der Waals surface area contributed by atoms with Gasteiger partial charge in [0.1, 0.15) is 0 Å². The zero-order valence-corrected chi connectivity index (χ0v) is 19.0. The van der Waals surface area contributed by atoms with E-state index < -0.39 is 5.82 Å². The fourth-order valence-corrected chi connectivity index (χ4v) is 4.29. The molecule has 174 valence electrons. The van der Waals surface area contributed by atoms with Gasteiger partial charge in [0.2, 0.25) is 17.8 Å². The highest BCUT2D eigenvalue weighted by Crippen LogP contribution is 2.33. The predicted molar refractivity (Wildman–Crippen MR) is 128 cm³/mol. The maximum atomic E-state index is 14.7. The maximum Gasteiger partial charge on any atom is 0.236 e. The lowest BCUT2D eigenvalue weighted by atomic mass is 10.0. The van der Waals surface area contributed by atoms with Gasteiger partial charge in [-0.15, -0.1) is 0 Å². The molecule has 2 aromatic carbocycles. The van der Waals surface area contributed by atoms with Crippen LogP contribution in [-0.4, -0.2) is 40.7 Å². The van der Waals surface area contributed by atoms with Gasteiger partial charge in [-0.3, -0.25) is 0 Å². The summed E-state index contributed by atoms with van der Waals surface area (Å²) in [5, 5.41) is 6.79. The van der Waals surface area contributed by atoms with Crippen LogP contribution in [0.2, 0.25) is 0 Å². The average molecular weight is 452 g/mol. The van der Waals surface area contributed by atoms with Gasteiger partial charge in [-0.25, -0.2) is 4.39 Å². The molecule has 4 N–H and O–H groups in total. The minimum Gasteiger partial charge on any atom is -0.494 e. The summed E-state index contributed by atoms with van der Waals surface area (Å²) in [5.74, 6) is 0.589. The summed E-state index contributed by atoms with van der Waals surface area (Å²) in [6, 6.07) is 15.1. The Morgan fingerprint density at radius 1 is 1.21 bits per heavy atom. The number of methoxy groups -OCH3 is 1. The molecular weight excluding hydrogens is 421 g/mol. The van der Waals surface area contributed by atoms with Crippen LogP contribution in [0.15, 0.2) is 48.5 Å². The molecule has 0 radical (unpaired) electrons. The van der Waals surface area contributed by atoms with Crippen molar-refractivity contribution in [1.82, 2.24) is 20.3 Å². The van der Waals surface area contributed by atoms with Gasteiger partial charge in [-0.2, -0.15) is 15.0 Å². The van der Waals surface area contributed by atoms with Crippen LogP contribution in [0.3, 0.4) is 0 Å². The quantitative estimate of drug-likeness (QED) is 0.451. The number of nitrogens with two attached hydrogens (primary N) is 1. The van der Waals surface area contributed by atoms with Gasteiger partial charge in [0.25, 0.3) is 0 Å². The van der Waals surface area contributed by atoms with Crippen molar-refractivity contribution in [3.8, 4) is 5.75 Å². The molecule has 0 saturated carbocycles. The van der Waals surface area contributed by atoms with Crippen molar-refractivity contribution in [1.29, 1.82) is 0 Å². The first kappa shape index (κ1) is 22.7. The van der Waals surface area contributed by atoms with Gasteiger partial charge < -0.3 is 26.0 Å². The molecular formula is C24H30FN7O. The van der Waals surface area contributed by atoms with Crippen LogP contribution in [0, 0.1) is 5.82 Å². The second-order valence-electron chi connectivity index (χ2n) is 8.02. The molecule has 1 aliphatic rings. The third kappa shape index (κ3) is 5.31. The number of benzene rings is 2. The third-order valence-corrected chi connectivity index (χ3v) is 5.88. The van der Waals surface area contributed by atoms with Crippen molar-refractivity contribution in [2.24, 2.45) is 0 Å². The summed E-state index contributed by atoms with van der Waals surface area (Å²) in [4.78, 5) is 15.3. The van der Waals surface area contributed by atoms with E-state index in [0.29, 0.717) is 24.1 Å². The Morgan fingerprint density at radius 3 is 2.70 bits per heavy atom. The molecule has 1 saturated heterocycles. The highest BCUT2D eigenvalue weighted by Gasteiger charge is 2.32. The van der Waals surface area contributed by atoms with Crippen molar-refractivity contribution < 1.29 is 9.13 Å². The van der Waals surface area contributed by atoms with Gasteiger partial charge in [0.15, 0.2) is 11.6 Å². The normalized spacial score (nSPS) is 16.4. The lowest BCUT2D eigenvalue weighted by Crippen LogP contribution is -2.46. The lowest BCUT2D eigenvalue weighted by Gasteiger charge is -2.35. The van der Waals surface area contributed by atoms with Gasteiger partial charge in [-0.1, -0.05) is 37.3 Å². The number of nitrogens with zero attached hydrogens (tertiary/aromatic N) is 4. The van der Waals surface area contributed by atoms with Gasteiger partial charge >= 0.3 is 0 Å². The molecule has 33 heavy (non-hydrogen) atoms. The van der Waals surface area contributed by atoms with Crippen molar-refractivity contribution in [3.63, 3.8) is 0 Å². The summed E-state index contributed by atoms with van der Waals surface area (Å²) in [7, 11) is 1.45. The van der Waals surface area contributed by atoms with E-state index in [-0.39, 0.29) is 23.8 Å². The topological polar surface area (TPSA) is 101 Å². The van der Waals surface area contributed by atoms with Crippen LogP contribution in [-0.2, 0) is 6.54 Å². The summed E-state index contributed by atoms with van der Waals surface area (Å²) in [6.45, 7) is 3.61. The van der Waals surface area contributed by atoms with Gasteiger partial charge in [-0.05, 0) is 43.5 Å². The molecule has 2 atom stereocenters. The van der Waals surface area contributed by atoms with E-state index in [0.717, 1.165) is 31.4 Å². The fraction of sp³-hybridized carbons (Fsp3) is 0.375. The number of halogens is 1. The molecule has 9 heteroatoms. The first-order valence-electron chi connectivity index (χ1n) is 11.2. The Bertz CT molecular complexity index is 1060. The number of anilines is 4. The van der Waals surface area contributed by atoms with E-state index in [1.54, 1.807) is 6.07 Å². The van der Waals surface area contributed by atoms with Crippen molar-refractivity contribution in [2.75, 3.05) is 29.6 Å². The molecule has 4 rings (SSSR count). The molecule has 0 amide bonds. The van der Waals surface area contributed by atoms with Crippen molar-refractivity contribution in [2.45, 2.75) is 44.8 Å². The van der Waals surface area contributed by atoms with Crippen LogP contribution < -0.4 is 26.0 Å². The monoisotopic (exact) mass is 451 g/mol. The highest BCUT2D eigenvalue weighted by molar-refractivity contribution is 5.62. The molecule has 8 nitrogen and oxygen atoms in total. The molecule has 1 aliphatic heterocycles. The number of ether oxygens (including phenoxy) is 1. The largest absolute Gasteiger partial charge is 0.494 e. The number of hydrogen-bond donors (Lipinski definition) is 3. The minimum atomic E-state index is -0.446. The highest BCUT2D eigenvalue weighted by atomic mass is 19.1. The Balaban J connectivity index is 1.71. The molecule has 2 heterocycles. The molecule has 1 fully saturated rings. The van der Waals surface area contributed by atoms with Gasteiger partial charge in [0, 0.05) is 24.3 Å². The number of aromatic nitrogens is 3. The Labute approximate surface area is 193 Å². The van der Waals surface area contributed by atoms with E-state index in [2.05, 4.69) is 32.5 Å². The Hall–Kier alpha value is -3.46. The standard InChI is InChI=1S/C24H30FN7O/c1-3-20(19-10-7-13-27-19)32(17-11-12-21(33-2)18(25)14-17)24-30-22(26)29-23(31-24)28-15-16-8-5-4-6-9-16/h4-6,8-9,11-12,14,19-20,27H,3,7,10,13,15H2,1-2H3,(H3,26,28,29,30,31). The van der Waals surface area contributed by atoms with Crippen LogP contribution in [0.1, 0.15) is 31.7 Å². The second kappa shape index (κ2) is 10.4.